The van der Waals surface area contributed by atoms with Crippen LogP contribution >= 0.6 is 11.6 Å². The van der Waals surface area contributed by atoms with Gasteiger partial charge in [0.1, 0.15) is 16.8 Å². The Kier molecular flexibility index (Phi) is 5.46. The van der Waals surface area contributed by atoms with Crippen LogP contribution in [0.2, 0.25) is 5.02 Å². The minimum atomic E-state index is -4.87. The maximum atomic E-state index is 13.6. The topological polar surface area (TPSA) is 78.8 Å². The molecule has 1 heterocycles. The highest BCUT2D eigenvalue weighted by Crippen LogP contribution is 2.40. The van der Waals surface area contributed by atoms with Gasteiger partial charge in [0.2, 0.25) is 5.75 Å². The maximum absolute atomic E-state index is 13.6. The van der Waals surface area contributed by atoms with E-state index in [1.165, 1.54) is 6.07 Å². The second-order valence-electron chi connectivity index (χ2n) is 4.73. The van der Waals surface area contributed by atoms with E-state index in [4.69, 9.17) is 21.6 Å². The first kappa shape index (κ1) is 19.6. The quantitative estimate of drug-likeness (QED) is 0.759. The maximum Gasteiger partial charge on any atom is 0.352 e. The molecule has 0 fully saturated rings. The van der Waals surface area contributed by atoms with E-state index in [2.05, 4.69) is 4.98 Å². The van der Waals surface area contributed by atoms with E-state index in [1.807, 2.05) is 4.98 Å². The number of hydrogen-bond donors (Lipinski definition) is 1. The van der Waals surface area contributed by atoms with Crippen molar-refractivity contribution >= 4 is 11.6 Å². The molecule has 0 radical (unpaired) electrons. The highest BCUT2D eigenvalue weighted by molar-refractivity contribution is 6.33. The Hall–Kier alpha value is -2.74. The van der Waals surface area contributed by atoms with Crippen LogP contribution in [0.25, 0.3) is 0 Å². The van der Waals surface area contributed by atoms with E-state index in [1.54, 1.807) is 0 Å². The number of halogens is 7. The van der Waals surface area contributed by atoms with Gasteiger partial charge in [-0.1, -0.05) is 11.6 Å². The van der Waals surface area contributed by atoms with Crippen LogP contribution in [0, 0.1) is 11.3 Å². The smallest absolute Gasteiger partial charge is 0.352 e. The lowest BCUT2D eigenvalue weighted by atomic mass is 10.1. The Morgan fingerprint density at radius 3 is 2.46 bits per heavy atom. The van der Waals surface area contributed by atoms with Crippen LogP contribution in [0.4, 0.5) is 26.3 Å². The monoisotopic (exact) mass is 397 g/mol. The van der Waals surface area contributed by atoms with E-state index in [0.717, 1.165) is 6.07 Å². The summed E-state index contributed by atoms with van der Waals surface area (Å²) in [4.78, 5) is 16.6. The highest BCUT2D eigenvalue weighted by atomic mass is 35.5. The number of benzene rings is 1. The van der Waals surface area contributed by atoms with Gasteiger partial charge >= 0.3 is 12.3 Å². The third kappa shape index (κ3) is 3.60. The number of ether oxygens (including phenoxy) is 1. The predicted molar refractivity (Wildman–Crippen MR) is 76.0 cm³/mol. The number of nitrogens with zero attached hydrogens (tertiary/aromatic N) is 2. The van der Waals surface area contributed by atoms with Gasteiger partial charge in [0, 0.05) is 5.56 Å². The lowest BCUT2D eigenvalue weighted by Gasteiger charge is -2.18. The minimum Gasteiger partial charge on any atom is -0.448 e. The van der Waals surface area contributed by atoms with Gasteiger partial charge in [0.05, 0.1) is 11.9 Å². The third-order valence-electron chi connectivity index (χ3n) is 3.05. The Morgan fingerprint density at radius 2 is 1.92 bits per heavy atom. The molecule has 1 aromatic heterocycles. The first-order valence-electron chi connectivity index (χ1n) is 6.53. The number of H-pyrrole nitrogens is 1. The zero-order valence-electron chi connectivity index (χ0n) is 12.2. The number of aromatic nitrogens is 2. The van der Waals surface area contributed by atoms with Crippen LogP contribution < -0.4 is 10.3 Å². The van der Waals surface area contributed by atoms with E-state index in [-0.39, 0.29) is 0 Å². The van der Waals surface area contributed by atoms with Crippen molar-refractivity contribution in [3.8, 4) is 17.6 Å². The van der Waals surface area contributed by atoms with E-state index < -0.39 is 57.7 Å². The molecule has 0 aliphatic rings. The number of nitrogens with one attached hydrogen (secondary N) is 1. The van der Waals surface area contributed by atoms with Gasteiger partial charge in [0.15, 0.2) is 5.69 Å². The van der Waals surface area contributed by atoms with Gasteiger partial charge in [-0.3, -0.25) is 4.79 Å². The first-order valence-corrected chi connectivity index (χ1v) is 6.91. The van der Waals surface area contributed by atoms with Crippen molar-refractivity contribution in [2.24, 2.45) is 0 Å². The number of rotatable bonds is 5. The van der Waals surface area contributed by atoms with Gasteiger partial charge in [-0.25, -0.2) is 22.5 Å². The SMILES string of the molecule is N#Cc1cc(C(F)F)cc(Oc2c(C(F)(F)C(F)F)nc[nH]c2=O)c1Cl. The number of nitriles is 1. The summed E-state index contributed by atoms with van der Waals surface area (Å²) in [5.41, 5.74) is -4.36. The van der Waals surface area contributed by atoms with Gasteiger partial charge in [-0.15, -0.1) is 0 Å². The fraction of sp³-hybridized carbons (Fsp3) is 0.214. The summed E-state index contributed by atoms with van der Waals surface area (Å²) in [5.74, 6) is -7.00. The molecule has 2 rings (SSSR count). The summed E-state index contributed by atoms with van der Waals surface area (Å²) in [7, 11) is 0. The number of aromatic amines is 1. The molecule has 0 saturated heterocycles. The molecule has 0 aliphatic carbocycles. The van der Waals surface area contributed by atoms with Crippen LogP contribution in [0.3, 0.4) is 0 Å². The minimum absolute atomic E-state index is 0.443. The van der Waals surface area contributed by atoms with Crippen molar-refractivity contribution in [2.45, 2.75) is 18.8 Å². The Bertz CT molecular complexity index is 926. The van der Waals surface area contributed by atoms with Gasteiger partial charge in [0.25, 0.3) is 12.0 Å². The van der Waals surface area contributed by atoms with E-state index in [9.17, 15) is 31.1 Å². The Labute approximate surface area is 145 Å². The van der Waals surface area contributed by atoms with Gasteiger partial charge in [-0.05, 0) is 12.1 Å². The average molecular weight is 398 g/mol. The molecule has 12 heteroatoms. The summed E-state index contributed by atoms with van der Waals surface area (Å²) in [6.07, 6.45) is -6.87. The van der Waals surface area contributed by atoms with Crippen molar-refractivity contribution in [2.75, 3.05) is 0 Å². The molecule has 0 saturated carbocycles. The lowest BCUT2D eigenvalue weighted by molar-refractivity contribution is -0.139. The van der Waals surface area contributed by atoms with Crippen LogP contribution in [0.15, 0.2) is 23.3 Å². The molecule has 0 unspecified atom stereocenters. The molecule has 138 valence electrons. The van der Waals surface area contributed by atoms with Crippen LogP contribution in [0.5, 0.6) is 11.5 Å². The van der Waals surface area contributed by atoms with Gasteiger partial charge in [-0.2, -0.15) is 14.0 Å². The molecule has 2 aromatic rings. The zero-order chi connectivity index (χ0) is 19.6. The summed E-state index contributed by atoms with van der Waals surface area (Å²) in [6.45, 7) is 0. The Morgan fingerprint density at radius 1 is 1.27 bits per heavy atom. The molecule has 1 N–H and O–H groups in total. The molecule has 0 atom stereocenters. The third-order valence-corrected chi connectivity index (χ3v) is 3.44. The van der Waals surface area contributed by atoms with Crippen LogP contribution in [0.1, 0.15) is 23.2 Å². The zero-order valence-corrected chi connectivity index (χ0v) is 13.0. The molecule has 0 bridgehead atoms. The fourth-order valence-electron chi connectivity index (χ4n) is 1.83. The first-order chi connectivity index (χ1) is 12.1. The molecular weight excluding hydrogens is 392 g/mol. The standard InChI is InChI=1S/C14H6ClF6N3O2/c15-8-6(3-22)1-5(11(16)17)2-7(8)26-9-10(14(20,21)13(18)19)23-4-24-12(9)25/h1-2,4,11,13H,(H,23,24,25). The second kappa shape index (κ2) is 7.25. The van der Waals surface area contributed by atoms with Crippen LogP contribution in [-0.4, -0.2) is 16.4 Å². The molecular formula is C14H6ClF6N3O2. The van der Waals surface area contributed by atoms with Crippen molar-refractivity contribution < 1.29 is 31.1 Å². The largest absolute Gasteiger partial charge is 0.448 e. The van der Waals surface area contributed by atoms with Crippen LogP contribution in [-0.2, 0) is 5.92 Å². The van der Waals surface area contributed by atoms with Crippen molar-refractivity contribution in [1.29, 1.82) is 5.26 Å². The van der Waals surface area contributed by atoms with E-state index >= 15 is 0 Å². The van der Waals surface area contributed by atoms with Crippen molar-refractivity contribution in [3.05, 3.63) is 50.7 Å². The van der Waals surface area contributed by atoms with Crippen molar-refractivity contribution in [1.82, 2.24) is 9.97 Å². The molecule has 0 amide bonds. The summed E-state index contributed by atoms with van der Waals surface area (Å²) >= 11 is 5.76. The highest BCUT2D eigenvalue weighted by Gasteiger charge is 2.47. The summed E-state index contributed by atoms with van der Waals surface area (Å²) < 4.78 is 83.0. The summed E-state index contributed by atoms with van der Waals surface area (Å²) in [5, 5.41) is 8.31. The second-order valence-corrected chi connectivity index (χ2v) is 5.11. The Balaban J connectivity index is 2.66. The molecule has 0 spiro atoms. The predicted octanol–water partition coefficient (Wildman–Crippen LogP) is 4.38. The fourth-order valence-corrected chi connectivity index (χ4v) is 2.02. The molecule has 26 heavy (non-hydrogen) atoms. The molecule has 1 aromatic carbocycles. The lowest BCUT2D eigenvalue weighted by Crippen LogP contribution is -2.28. The molecule has 0 aliphatic heterocycles. The summed E-state index contributed by atoms with van der Waals surface area (Å²) in [6, 6.07) is 2.79. The normalized spacial score (nSPS) is 11.7. The number of alkyl halides is 6. The van der Waals surface area contributed by atoms with Crippen molar-refractivity contribution in [3.63, 3.8) is 0 Å². The average Bonchev–Trinajstić information content (AvgIpc) is 2.57. The molecule has 5 nitrogen and oxygen atoms in total. The van der Waals surface area contributed by atoms with E-state index in [0.29, 0.717) is 12.4 Å². The number of hydrogen-bond acceptors (Lipinski definition) is 4. The van der Waals surface area contributed by atoms with Gasteiger partial charge < -0.3 is 9.72 Å².